The molecule has 0 saturated carbocycles. The maximum Gasteiger partial charge on any atom is 0.242 e. The predicted octanol–water partition coefficient (Wildman–Crippen LogP) is -2.64. The van der Waals surface area contributed by atoms with Crippen molar-refractivity contribution in [1.82, 2.24) is 29.9 Å². The number of nitrogens with zero attached hydrogens (tertiary/aromatic N) is 5. The highest BCUT2D eigenvalue weighted by molar-refractivity contribution is 5.90. The van der Waals surface area contributed by atoms with Crippen molar-refractivity contribution >= 4 is 23.6 Å². The van der Waals surface area contributed by atoms with Crippen LogP contribution in [0.4, 0.5) is 0 Å². The number of hydrogen-bond acceptors (Lipinski definition) is 9. The van der Waals surface area contributed by atoms with Crippen LogP contribution in [-0.2, 0) is 23.9 Å². The van der Waals surface area contributed by atoms with Gasteiger partial charge in [0.2, 0.25) is 23.6 Å². The van der Waals surface area contributed by atoms with Crippen LogP contribution in [0.15, 0.2) is 0 Å². The minimum Gasteiger partial charge on any atom is -0.385 e. The van der Waals surface area contributed by atoms with E-state index in [1.165, 1.54) is 14.7 Å². The number of hydrogen-bond donors (Lipinski definition) is 3. The lowest BCUT2D eigenvalue weighted by atomic mass is 10.3. The van der Waals surface area contributed by atoms with E-state index in [2.05, 4.69) is 5.43 Å². The maximum absolute atomic E-state index is 13.2. The largest absolute Gasteiger partial charge is 0.385 e. The first-order chi connectivity index (χ1) is 16.5. The van der Waals surface area contributed by atoms with Gasteiger partial charge in [0.15, 0.2) is 0 Å². The molecule has 204 valence electrons. The summed E-state index contributed by atoms with van der Waals surface area (Å²) in [7, 11) is 9.25. The number of methoxy groups -OCH3 is 1. The highest BCUT2D eigenvalue weighted by Crippen LogP contribution is 2.03. The number of hydrazine groups is 1. The molecule has 0 aliphatic carbocycles. The van der Waals surface area contributed by atoms with Crippen molar-refractivity contribution in [1.29, 1.82) is 0 Å². The molecule has 0 aliphatic rings. The van der Waals surface area contributed by atoms with Crippen LogP contribution in [0.25, 0.3) is 0 Å². The Kier molecular flexibility index (Phi) is 17.7. The zero-order valence-electron chi connectivity index (χ0n) is 22.1. The molecule has 0 spiro atoms. The van der Waals surface area contributed by atoms with Gasteiger partial charge in [-0.05, 0) is 60.5 Å². The quantitative estimate of drug-likeness (QED) is 0.0919. The lowest BCUT2D eigenvalue weighted by Crippen LogP contribution is -2.50. The summed E-state index contributed by atoms with van der Waals surface area (Å²) in [6.45, 7) is 2.18. The lowest BCUT2D eigenvalue weighted by Gasteiger charge is -2.30. The van der Waals surface area contributed by atoms with Gasteiger partial charge in [-0.2, -0.15) is 0 Å². The van der Waals surface area contributed by atoms with Gasteiger partial charge in [0, 0.05) is 33.4 Å². The van der Waals surface area contributed by atoms with E-state index in [9.17, 15) is 19.2 Å². The maximum atomic E-state index is 13.2. The zero-order valence-corrected chi connectivity index (χ0v) is 22.1. The van der Waals surface area contributed by atoms with Crippen molar-refractivity contribution in [2.24, 2.45) is 11.6 Å². The van der Waals surface area contributed by atoms with Crippen LogP contribution in [0.3, 0.4) is 0 Å². The number of amides is 4. The van der Waals surface area contributed by atoms with Gasteiger partial charge in [-0.3, -0.25) is 30.4 Å². The summed E-state index contributed by atoms with van der Waals surface area (Å²) in [5.74, 6) is 3.65. The Morgan fingerprint density at radius 1 is 0.686 bits per heavy atom. The Morgan fingerprint density at radius 3 is 1.51 bits per heavy atom. The molecule has 0 aromatic rings. The van der Waals surface area contributed by atoms with Crippen LogP contribution in [0.5, 0.6) is 0 Å². The van der Waals surface area contributed by atoms with E-state index in [1.54, 1.807) is 7.11 Å². The van der Waals surface area contributed by atoms with Crippen LogP contribution in [-0.4, -0.2) is 149 Å². The SMILES string of the molecule is COCCCN(CC(=O)N(CCCN(C)C)CC(N)=O)C(=O)CN(CCCN(C)C)C(=O)CNN. The molecule has 5 N–H and O–H groups in total. The summed E-state index contributed by atoms with van der Waals surface area (Å²) in [5.41, 5.74) is 7.68. The summed E-state index contributed by atoms with van der Waals surface area (Å²) in [5, 5.41) is 0. The van der Waals surface area contributed by atoms with Gasteiger partial charge >= 0.3 is 0 Å². The van der Waals surface area contributed by atoms with Crippen LogP contribution >= 0.6 is 0 Å². The summed E-state index contributed by atoms with van der Waals surface area (Å²) in [6.07, 6.45) is 1.85. The van der Waals surface area contributed by atoms with Crippen LogP contribution in [0.2, 0.25) is 0 Å². The highest BCUT2D eigenvalue weighted by atomic mass is 16.5. The number of carbonyl (C=O) groups excluding carboxylic acids is 4. The van der Waals surface area contributed by atoms with Gasteiger partial charge in [-0.25, -0.2) is 0 Å². The minimum atomic E-state index is -0.618. The first kappa shape index (κ1) is 32.7. The molecule has 35 heavy (non-hydrogen) atoms. The number of ether oxygens (including phenoxy) is 1. The predicted molar refractivity (Wildman–Crippen MR) is 134 cm³/mol. The van der Waals surface area contributed by atoms with Gasteiger partial charge in [-0.1, -0.05) is 0 Å². The molecule has 0 rings (SSSR count). The average molecular weight is 503 g/mol. The molecule has 0 radical (unpaired) electrons. The Balaban J connectivity index is 5.42. The third kappa shape index (κ3) is 16.1. The fourth-order valence-corrected chi connectivity index (χ4v) is 3.34. The number of nitrogens with one attached hydrogen (secondary N) is 1. The Hall–Kier alpha value is -2.32. The number of nitrogens with two attached hydrogens (primary N) is 2. The summed E-state index contributed by atoms with van der Waals surface area (Å²) in [4.78, 5) is 58.5. The smallest absolute Gasteiger partial charge is 0.242 e. The van der Waals surface area contributed by atoms with Crippen molar-refractivity contribution in [3.63, 3.8) is 0 Å². The van der Waals surface area contributed by atoms with Gasteiger partial charge in [0.25, 0.3) is 0 Å². The standard InChI is InChI=1S/C22H46N8O5/c1-26(2)9-6-11-28(16-19(23)31)21(33)18-30(13-8-14-35-5)22(34)17-29(20(32)15-25-24)12-7-10-27(3)4/h25H,6-18,24H2,1-5H3,(H2,23,31). The third-order valence-corrected chi connectivity index (χ3v) is 5.15. The van der Waals surface area contributed by atoms with Crippen molar-refractivity contribution in [3.05, 3.63) is 0 Å². The van der Waals surface area contributed by atoms with Gasteiger partial charge in [0.05, 0.1) is 26.2 Å². The van der Waals surface area contributed by atoms with Crippen LogP contribution in [0, 0.1) is 0 Å². The van der Waals surface area contributed by atoms with E-state index in [0.29, 0.717) is 39.0 Å². The Labute approximate surface area is 209 Å². The summed E-state index contributed by atoms with van der Waals surface area (Å²) in [6, 6.07) is 0. The van der Waals surface area contributed by atoms with Crippen molar-refractivity contribution in [3.8, 4) is 0 Å². The monoisotopic (exact) mass is 502 g/mol. The molecule has 0 fully saturated rings. The molecule has 0 bridgehead atoms. The molecule has 0 heterocycles. The first-order valence-electron chi connectivity index (χ1n) is 11.8. The fraction of sp³-hybridized carbons (Fsp3) is 0.818. The van der Waals surface area contributed by atoms with E-state index in [1.807, 2.05) is 38.0 Å². The second-order valence-electron chi connectivity index (χ2n) is 8.95. The molecule has 0 aromatic heterocycles. The second kappa shape index (κ2) is 18.9. The van der Waals surface area contributed by atoms with Gasteiger partial charge < -0.3 is 35.0 Å². The first-order valence-corrected chi connectivity index (χ1v) is 11.8. The van der Waals surface area contributed by atoms with Crippen molar-refractivity contribution in [2.45, 2.75) is 19.3 Å². The summed E-state index contributed by atoms with van der Waals surface area (Å²) < 4.78 is 5.09. The number of primary amides is 1. The number of rotatable bonds is 20. The minimum absolute atomic E-state index is 0.101. The second-order valence-corrected chi connectivity index (χ2v) is 8.95. The lowest BCUT2D eigenvalue weighted by molar-refractivity contribution is -0.144. The molecule has 4 amide bonds. The molecular formula is C22H46N8O5. The molecule has 13 nitrogen and oxygen atoms in total. The molecular weight excluding hydrogens is 456 g/mol. The molecule has 0 aliphatic heterocycles. The molecule has 0 unspecified atom stereocenters. The van der Waals surface area contributed by atoms with Crippen LogP contribution < -0.4 is 17.0 Å². The topological polar surface area (TPSA) is 158 Å². The van der Waals surface area contributed by atoms with E-state index >= 15 is 0 Å². The molecule has 0 atom stereocenters. The van der Waals surface area contributed by atoms with Crippen molar-refractivity contribution in [2.75, 3.05) is 101 Å². The van der Waals surface area contributed by atoms with Crippen LogP contribution in [0.1, 0.15) is 19.3 Å². The van der Waals surface area contributed by atoms with E-state index in [-0.39, 0.29) is 50.4 Å². The van der Waals surface area contributed by atoms with Gasteiger partial charge in [-0.15, -0.1) is 0 Å². The molecule has 0 saturated heterocycles. The Bertz CT molecular complexity index is 647. The highest BCUT2D eigenvalue weighted by Gasteiger charge is 2.25. The normalized spacial score (nSPS) is 11.1. The fourth-order valence-electron chi connectivity index (χ4n) is 3.34. The number of carbonyl (C=O) groups is 4. The molecule has 13 heteroatoms. The third-order valence-electron chi connectivity index (χ3n) is 5.15. The van der Waals surface area contributed by atoms with E-state index in [0.717, 1.165) is 13.1 Å². The van der Waals surface area contributed by atoms with Gasteiger partial charge in [0.1, 0.15) is 0 Å². The molecule has 0 aromatic carbocycles. The Morgan fingerprint density at radius 2 is 1.11 bits per heavy atom. The van der Waals surface area contributed by atoms with E-state index in [4.69, 9.17) is 16.3 Å². The zero-order chi connectivity index (χ0) is 26.8. The van der Waals surface area contributed by atoms with E-state index < -0.39 is 5.91 Å². The average Bonchev–Trinajstić information content (AvgIpc) is 2.76. The van der Waals surface area contributed by atoms with Crippen molar-refractivity contribution < 1.29 is 23.9 Å². The summed E-state index contributed by atoms with van der Waals surface area (Å²) >= 11 is 0.